The fourth-order valence-corrected chi connectivity index (χ4v) is 3.23. The number of piperidine rings is 1. The summed E-state index contributed by atoms with van der Waals surface area (Å²) in [5.41, 5.74) is 0.846. The normalized spacial score (nSPS) is 15.4. The summed E-state index contributed by atoms with van der Waals surface area (Å²) in [4.78, 5) is 23.0. The smallest absolute Gasteiger partial charge is 0.274 e. The third-order valence-electron chi connectivity index (χ3n) is 4.11. The highest BCUT2D eigenvalue weighted by molar-refractivity contribution is 6.35. The van der Waals surface area contributed by atoms with Crippen LogP contribution in [0.25, 0.3) is 0 Å². The molecule has 1 saturated heterocycles. The molecule has 24 heavy (non-hydrogen) atoms. The lowest BCUT2D eigenvalue weighted by atomic mass is 9.99. The topological polar surface area (TPSA) is 58.1 Å². The maximum atomic E-state index is 12.4. The summed E-state index contributed by atoms with van der Waals surface area (Å²) in [5.74, 6) is 1.20. The highest BCUT2D eigenvalue weighted by atomic mass is 35.5. The van der Waals surface area contributed by atoms with Gasteiger partial charge in [0.15, 0.2) is 0 Å². The second kappa shape index (κ2) is 7.36. The average Bonchev–Trinajstić information content (AvgIpc) is 2.54. The SMILES string of the molecule is CC1CCN(c2cc(C(=O)Nc3cc(Cl)cc(Cl)c3)ncn2)CC1. The Morgan fingerprint density at radius 2 is 1.79 bits per heavy atom. The molecule has 7 heteroatoms. The van der Waals surface area contributed by atoms with E-state index in [1.54, 1.807) is 24.3 Å². The van der Waals surface area contributed by atoms with Crippen LogP contribution in [0.4, 0.5) is 11.5 Å². The van der Waals surface area contributed by atoms with Gasteiger partial charge in [-0.25, -0.2) is 9.97 Å². The number of rotatable bonds is 3. The number of nitrogens with zero attached hydrogens (tertiary/aromatic N) is 3. The molecule has 0 spiro atoms. The minimum Gasteiger partial charge on any atom is -0.356 e. The minimum absolute atomic E-state index is 0.315. The van der Waals surface area contributed by atoms with Crippen LogP contribution in [0.5, 0.6) is 0 Å². The van der Waals surface area contributed by atoms with Crippen LogP contribution in [-0.2, 0) is 0 Å². The number of carbonyl (C=O) groups excluding carboxylic acids is 1. The summed E-state index contributed by atoms with van der Waals surface area (Å²) < 4.78 is 0. The molecule has 0 atom stereocenters. The van der Waals surface area contributed by atoms with Gasteiger partial charge in [-0.05, 0) is 37.0 Å². The monoisotopic (exact) mass is 364 g/mol. The highest BCUT2D eigenvalue weighted by Crippen LogP contribution is 2.24. The zero-order chi connectivity index (χ0) is 17.1. The molecule has 0 saturated carbocycles. The Bertz CT molecular complexity index is 725. The second-order valence-electron chi connectivity index (χ2n) is 6.04. The molecule has 2 aromatic rings. The number of anilines is 2. The van der Waals surface area contributed by atoms with E-state index in [-0.39, 0.29) is 5.91 Å². The third-order valence-corrected chi connectivity index (χ3v) is 4.55. The maximum Gasteiger partial charge on any atom is 0.274 e. The summed E-state index contributed by atoms with van der Waals surface area (Å²) in [5, 5.41) is 3.68. The van der Waals surface area contributed by atoms with E-state index in [2.05, 4.69) is 27.1 Å². The molecular formula is C17H18Cl2N4O. The molecule has 1 amide bonds. The van der Waals surface area contributed by atoms with Gasteiger partial charge in [-0.2, -0.15) is 0 Å². The van der Waals surface area contributed by atoms with Crippen LogP contribution in [0.2, 0.25) is 10.0 Å². The number of aromatic nitrogens is 2. The molecule has 0 bridgehead atoms. The first-order chi connectivity index (χ1) is 11.5. The van der Waals surface area contributed by atoms with Crippen LogP contribution >= 0.6 is 23.2 Å². The molecule has 1 fully saturated rings. The molecule has 3 rings (SSSR count). The van der Waals surface area contributed by atoms with Crippen molar-refractivity contribution >= 4 is 40.6 Å². The number of amides is 1. The molecule has 0 aliphatic carbocycles. The molecule has 1 aromatic carbocycles. The van der Waals surface area contributed by atoms with Crippen molar-refractivity contribution in [2.24, 2.45) is 5.92 Å². The quantitative estimate of drug-likeness (QED) is 0.883. The molecule has 1 aliphatic heterocycles. The molecule has 126 valence electrons. The lowest BCUT2D eigenvalue weighted by molar-refractivity contribution is 0.102. The van der Waals surface area contributed by atoms with E-state index in [0.717, 1.165) is 37.7 Å². The molecule has 1 aromatic heterocycles. The first kappa shape index (κ1) is 17.0. The lowest BCUT2D eigenvalue weighted by Crippen LogP contribution is -2.33. The summed E-state index contributed by atoms with van der Waals surface area (Å²) in [6.45, 7) is 4.15. The first-order valence-electron chi connectivity index (χ1n) is 7.86. The maximum absolute atomic E-state index is 12.4. The van der Waals surface area contributed by atoms with Gasteiger partial charge in [0.25, 0.3) is 5.91 Å². The fraction of sp³-hybridized carbons (Fsp3) is 0.353. The van der Waals surface area contributed by atoms with Gasteiger partial charge in [-0.15, -0.1) is 0 Å². The van der Waals surface area contributed by atoms with Crippen molar-refractivity contribution in [1.29, 1.82) is 0 Å². The van der Waals surface area contributed by atoms with Crippen LogP contribution in [0.15, 0.2) is 30.6 Å². The van der Waals surface area contributed by atoms with E-state index in [9.17, 15) is 4.79 Å². The van der Waals surface area contributed by atoms with E-state index in [4.69, 9.17) is 23.2 Å². The molecule has 1 aliphatic rings. The van der Waals surface area contributed by atoms with E-state index < -0.39 is 0 Å². The lowest BCUT2D eigenvalue weighted by Gasteiger charge is -2.31. The Morgan fingerprint density at radius 1 is 1.12 bits per heavy atom. The van der Waals surface area contributed by atoms with Gasteiger partial charge in [0.05, 0.1) is 0 Å². The molecule has 1 N–H and O–H groups in total. The zero-order valence-electron chi connectivity index (χ0n) is 13.3. The van der Waals surface area contributed by atoms with Crippen molar-refractivity contribution < 1.29 is 4.79 Å². The Labute approximate surface area is 151 Å². The average molecular weight is 365 g/mol. The predicted octanol–water partition coefficient (Wildman–Crippen LogP) is 4.27. The number of hydrogen-bond acceptors (Lipinski definition) is 4. The Balaban J connectivity index is 1.74. The molecular weight excluding hydrogens is 347 g/mol. The summed E-state index contributed by atoms with van der Waals surface area (Å²) in [7, 11) is 0. The van der Waals surface area contributed by atoms with Crippen LogP contribution in [0.3, 0.4) is 0 Å². The van der Waals surface area contributed by atoms with Gasteiger partial charge in [0, 0.05) is 34.9 Å². The van der Waals surface area contributed by atoms with Gasteiger partial charge in [0.1, 0.15) is 17.8 Å². The van der Waals surface area contributed by atoms with E-state index in [1.165, 1.54) is 6.33 Å². The van der Waals surface area contributed by atoms with Crippen molar-refractivity contribution in [3.05, 3.63) is 46.3 Å². The third kappa shape index (κ3) is 4.16. The molecule has 0 unspecified atom stereocenters. The van der Waals surface area contributed by atoms with E-state index in [1.807, 2.05) is 0 Å². The number of benzene rings is 1. The van der Waals surface area contributed by atoms with Gasteiger partial charge in [-0.3, -0.25) is 4.79 Å². The standard InChI is InChI=1S/C17H18Cl2N4O/c1-11-2-4-23(5-3-11)16-9-15(20-10-21-16)17(24)22-14-7-12(18)6-13(19)8-14/h6-11H,2-5H2,1H3,(H,22,24). The number of halogens is 2. The first-order valence-corrected chi connectivity index (χ1v) is 8.61. The largest absolute Gasteiger partial charge is 0.356 e. The highest BCUT2D eigenvalue weighted by Gasteiger charge is 2.18. The predicted molar refractivity (Wildman–Crippen MR) is 97.1 cm³/mol. The van der Waals surface area contributed by atoms with Gasteiger partial charge < -0.3 is 10.2 Å². The van der Waals surface area contributed by atoms with E-state index in [0.29, 0.717) is 21.4 Å². The van der Waals surface area contributed by atoms with Crippen LogP contribution in [0, 0.1) is 5.92 Å². The molecule has 0 radical (unpaired) electrons. The van der Waals surface area contributed by atoms with E-state index >= 15 is 0 Å². The van der Waals surface area contributed by atoms with Crippen molar-refractivity contribution in [2.75, 3.05) is 23.3 Å². The Morgan fingerprint density at radius 3 is 2.46 bits per heavy atom. The number of hydrogen-bond donors (Lipinski definition) is 1. The zero-order valence-corrected chi connectivity index (χ0v) is 14.8. The van der Waals surface area contributed by atoms with Gasteiger partial charge in [0.2, 0.25) is 0 Å². The van der Waals surface area contributed by atoms with Crippen molar-refractivity contribution in [1.82, 2.24) is 9.97 Å². The summed E-state index contributed by atoms with van der Waals surface area (Å²) in [6, 6.07) is 6.61. The minimum atomic E-state index is -0.317. The van der Waals surface area contributed by atoms with Crippen LogP contribution in [0.1, 0.15) is 30.3 Å². The fourth-order valence-electron chi connectivity index (χ4n) is 2.70. The number of carbonyl (C=O) groups is 1. The number of nitrogens with one attached hydrogen (secondary N) is 1. The molecule has 2 heterocycles. The van der Waals surface area contributed by atoms with Crippen LogP contribution in [-0.4, -0.2) is 29.0 Å². The Kier molecular flexibility index (Phi) is 5.21. The molecule has 5 nitrogen and oxygen atoms in total. The van der Waals surface area contributed by atoms with Gasteiger partial charge >= 0.3 is 0 Å². The van der Waals surface area contributed by atoms with Crippen molar-refractivity contribution in [2.45, 2.75) is 19.8 Å². The van der Waals surface area contributed by atoms with Crippen molar-refractivity contribution in [3.8, 4) is 0 Å². The van der Waals surface area contributed by atoms with Crippen LogP contribution < -0.4 is 10.2 Å². The van der Waals surface area contributed by atoms with Gasteiger partial charge in [-0.1, -0.05) is 30.1 Å². The Hall–Kier alpha value is -1.85. The summed E-state index contributed by atoms with van der Waals surface area (Å²) in [6.07, 6.45) is 3.69. The van der Waals surface area contributed by atoms with Crippen molar-refractivity contribution in [3.63, 3.8) is 0 Å². The second-order valence-corrected chi connectivity index (χ2v) is 6.92. The summed E-state index contributed by atoms with van der Waals surface area (Å²) >= 11 is 11.9.